The lowest BCUT2D eigenvalue weighted by Crippen LogP contribution is -1.78. The molecule has 0 N–H and O–H groups in total. The standard InChI is InChI=1S/C13H8NS/c1-2-11(10-4-7-14-8-5-10)12-6-9-15-13(12)3-1/h2-9H. The van der Waals surface area contributed by atoms with Gasteiger partial charge in [-0.3, -0.25) is 4.98 Å². The second-order valence-corrected chi connectivity index (χ2v) is 4.25. The molecule has 3 rings (SSSR count). The van der Waals surface area contributed by atoms with Crippen LogP contribution in [0.25, 0.3) is 21.2 Å². The van der Waals surface area contributed by atoms with Crippen LogP contribution >= 0.6 is 11.3 Å². The molecule has 1 radical (unpaired) electrons. The molecule has 0 bridgehead atoms. The average molecular weight is 210 g/mol. The third-order valence-corrected chi connectivity index (χ3v) is 3.28. The lowest BCUT2D eigenvalue weighted by atomic mass is 10.0. The fourth-order valence-corrected chi connectivity index (χ4v) is 2.50. The van der Waals surface area contributed by atoms with Gasteiger partial charge in [-0.25, -0.2) is 0 Å². The number of hydrogen-bond donors (Lipinski definition) is 0. The van der Waals surface area contributed by atoms with E-state index in [9.17, 15) is 0 Å². The van der Waals surface area contributed by atoms with E-state index in [2.05, 4.69) is 22.5 Å². The van der Waals surface area contributed by atoms with E-state index in [0.29, 0.717) is 0 Å². The molecule has 0 aliphatic heterocycles. The van der Waals surface area contributed by atoms with Gasteiger partial charge in [-0.15, -0.1) is 11.3 Å². The molecule has 3 aromatic rings. The molecule has 15 heavy (non-hydrogen) atoms. The molecule has 0 unspecified atom stereocenters. The number of benzene rings is 1. The number of hydrogen-bond acceptors (Lipinski definition) is 2. The van der Waals surface area contributed by atoms with Gasteiger partial charge in [0, 0.05) is 22.5 Å². The zero-order valence-electron chi connectivity index (χ0n) is 7.97. The predicted molar refractivity (Wildman–Crippen MR) is 63.9 cm³/mol. The van der Waals surface area contributed by atoms with E-state index in [0.717, 1.165) is 0 Å². The van der Waals surface area contributed by atoms with Gasteiger partial charge in [-0.05, 0) is 52.9 Å². The van der Waals surface area contributed by atoms with Crippen LogP contribution in [-0.4, -0.2) is 4.98 Å². The molecule has 0 aliphatic rings. The Bertz CT molecular complexity index is 584. The van der Waals surface area contributed by atoms with Crippen LogP contribution in [0.5, 0.6) is 0 Å². The van der Waals surface area contributed by atoms with E-state index in [1.807, 2.05) is 36.7 Å². The van der Waals surface area contributed by atoms with Gasteiger partial charge in [-0.1, -0.05) is 0 Å². The number of thiophene rings is 1. The molecule has 0 fully saturated rings. The molecule has 0 aliphatic carbocycles. The summed E-state index contributed by atoms with van der Waals surface area (Å²) >= 11 is 1.75. The summed E-state index contributed by atoms with van der Waals surface area (Å²) in [6.45, 7) is 0. The maximum atomic E-state index is 4.03. The molecule has 71 valence electrons. The van der Waals surface area contributed by atoms with E-state index in [-0.39, 0.29) is 0 Å². The predicted octanol–water partition coefficient (Wildman–Crippen LogP) is 3.76. The Balaban J connectivity index is 2.31. The van der Waals surface area contributed by atoms with Crippen molar-refractivity contribution >= 4 is 21.4 Å². The van der Waals surface area contributed by atoms with Gasteiger partial charge >= 0.3 is 0 Å². The number of nitrogens with zero attached hydrogens (tertiary/aromatic N) is 1. The van der Waals surface area contributed by atoms with Gasteiger partial charge < -0.3 is 0 Å². The van der Waals surface area contributed by atoms with Crippen molar-refractivity contribution in [3.05, 3.63) is 54.2 Å². The highest BCUT2D eigenvalue weighted by molar-refractivity contribution is 7.17. The summed E-state index contributed by atoms with van der Waals surface area (Å²) in [5.41, 5.74) is 2.43. The van der Waals surface area contributed by atoms with Crippen molar-refractivity contribution in [3.8, 4) is 11.1 Å². The molecule has 0 amide bonds. The number of rotatable bonds is 1. The maximum Gasteiger partial charge on any atom is 0.0355 e. The van der Waals surface area contributed by atoms with Crippen LogP contribution in [0.2, 0.25) is 0 Å². The minimum Gasteiger partial charge on any atom is -0.265 e. The number of aromatic nitrogens is 1. The van der Waals surface area contributed by atoms with Crippen molar-refractivity contribution in [2.24, 2.45) is 0 Å². The molecule has 0 atom stereocenters. The number of fused-ring (bicyclic) bond motifs is 1. The quantitative estimate of drug-likeness (QED) is 0.596. The molecular formula is C13H8NS. The van der Waals surface area contributed by atoms with E-state index in [1.54, 1.807) is 11.3 Å². The molecule has 0 saturated heterocycles. The molecule has 1 nitrogen and oxygen atoms in total. The summed E-state index contributed by atoms with van der Waals surface area (Å²) in [6, 6.07) is 13.5. The van der Waals surface area contributed by atoms with Gasteiger partial charge in [0.25, 0.3) is 0 Å². The summed E-state index contributed by atoms with van der Waals surface area (Å²) in [5.74, 6) is 0. The lowest BCUT2D eigenvalue weighted by molar-refractivity contribution is 1.33. The first-order valence-electron chi connectivity index (χ1n) is 4.73. The minimum atomic E-state index is 1.20. The van der Waals surface area contributed by atoms with Crippen LogP contribution in [-0.2, 0) is 0 Å². The van der Waals surface area contributed by atoms with E-state index < -0.39 is 0 Å². The Labute approximate surface area is 92.0 Å². The molecule has 1 aromatic carbocycles. The molecule has 2 heterocycles. The van der Waals surface area contributed by atoms with Gasteiger partial charge in [0.1, 0.15) is 0 Å². The third kappa shape index (κ3) is 1.43. The van der Waals surface area contributed by atoms with Crippen LogP contribution in [0.15, 0.2) is 48.1 Å². The summed E-state index contributed by atoms with van der Waals surface area (Å²) in [4.78, 5) is 4.03. The second-order valence-electron chi connectivity index (χ2n) is 3.30. The zero-order valence-corrected chi connectivity index (χ0v) is 8.79. The highest BCUT2D eigenvalue weighted by Crippen LogP contribution is 2.30. The zero-order chi connectivity index (χ0) is 10.1. The molecule has 0 saturated carbocycles. The first-order valence-corrected chi connectivity index (χ1v) is 5.61. The molecule has 0 spiro atoms. The Kier molecular flexibility index (Phi) is 2.00. The largest absolute Gasteiger partial charge is 0.265 e. The van der Waals surface area contributed by atoms with Gasteiger partial charge in [-0.2, -0.15) is 0 Å². The van der Waals surface area contributed by atoms with E-state index in [4.69, 9.17) is 0 Å². The van der Waals surface area contributed by atoms with Gasteiger partial charge in [0.2, 0.25) is 0 Å². The third-order valence-electron chi connectivity index (χ3n) is 2.42. The Morgan fingerprint density at radius 1 is 1.07 bits per heavy atom. The van der Waals surface area contributed by atoms with Crippen molar-refractivity contribution in [1.29, 1.82) is 0 Å². The smallest absolute Gasteiger partial charge is 0.0355 e. The van der Waals surface area contributed by atoms with Gasteiger partial charge in [0.05, 0.1) is 0 Å². The molecule has 2 heteroatoms. The van der Waals surface area contributed by atoms with Crippen LogP contribution in [0.1, 0.15) is 0 Å². The molecule has 2 aromatic heterocycles. The summed E-state index contributed by atoms with van der Waals surface area (Å²) in [6.07, 6.45) is 3.64. The van der Waals surface area contributed by atoms with Crippen LogP contribution in [0.3, 0.4) is 0 Å². The van der Waals surface area contributed by atoms with Crippen LogP contribution < -0.4 is 0 Å². The highest BCUT2D eigenvalue weighted by atomic mass is 32.1. The van der Waals surface area contributed by atoms with Crippen molar-refractivity contribution < 1.29 is 0 Å². The Hall–Kier alpha value is -1.67. The second kappa shape index (κ2) is 3.48. The SMILES string of the molecule is [c]1cc(-c2ccncc2)c2ccsc2c1. The Morgan fingerprint density at radius 3 is 2.80 bits per heavy atom. The van der Waals surface area contributed by atoms with Crippen molar-refractivity contribution in [1.82, 2.24) is 4.98 Å². The fraction of sp³-hybridized carbons (Fsp3) is 0. The number of pyridine rings is 1. The van der Waals surface area contributed by atoms with Crippen LogP contribution in [0, 0.1) is 6.07 Å². The average Bonchev–Trinajstić information content (AvgIpc) is 2.78. The maximum absolute atomic E-state index is 4.03. The summed E-state index contributed by atoms with van der Waals surface area (Å²) < 4.78 is 1.28. The van der Waals surface area contributed by atoms with Crippen molar-refractivity contribution in [3.63, 3.8) is 0 Å². The first-order chi connectivity index (χ1) is 7.45. The van der Waals surface area contributed by atoms with Crippen LogP contribution in [0.4, 0.5) is 0 Å². The minimum absolute atomic E-state index is 1.20. The fourth-order valence-electron chi connectivity index (χ4n) is 1.70. The Morgan fingerprint density at radius 2 is 1.93 bits per heavy atom. The topological polar surface area (TPSA) is 12.9 Å². The van der Waals surface area contributed by atoms with E-state index >= 15 is 0 Å². The highest BCUT2D eigenvalue weighted by Gasteiger charge is 2.03. The van der Waals surface area contributed by atoms with Crippen molar-refractivity contribution in [2.75, 3.05) is 0 Å². The summed E-state index contributed by atoms with van der Waals surface area (Å²) in [5, 5.41) is 3.41. The lowest BCUT2D eigenvalue weighted by Gasteiger charge is -2.02. The van der Waals surface area contributed by atoms with E-state index in [1.165, 1.54) is 21.2 Å². The van der Waals surface area contributed by atoms with Crippen molar-refractivity contribution in [2.45, 2.75) is 0 Å². The first kappa shape index (κ1) is 8.62. The van der Waals surface area contributed by atoms with Gasteiger partial charge in [0.15, 0.2) is 0 Å². The normalized spacial score (nSPS) is 10.7. The monoisotopic (exact) mass is 210 g/mol. The summed E-state index contributed by atoms with van der Waals surface area (Å²) in [7, 11) is 0. The molecular weight excluding hydrogens is 202 g/mol.